The van der Waals surface area contributed by atoms with E-state index in [4.69, 9.17) is 9.68 Å². The fourth-order valence-corrected chi connectivity index (χ4v) is 2.89. The Hall–Kier alpha value is -3.92. The van der Waals surface area contributed by atoms with E-state index in [0.29, 0.717) is 22.4 Å². The Bertz CT molecular complexity index is 1260. The van der Waals surface area contributed by atoms with Gasteiger partial charge < -0.3 is 9.73 Å². The maximum Gasteiger partial charge on any atom is 0.297 e. The maximum absolute atomic E-state index is 12.6. The Kier molecular flexibility index (Phi) is 4.15. The maximum atomic E-state index is 12.6. The van der Waals surface area contributed by atoms with Crippen LogP contribution in [0.1, 0.15) is 12.0 Å². The van der Waals surface area contributed by atoms with Crippen molar-refractivity contribution in [2.24, 2.45) is 0 Å². The molecule has 0 aliphatic heterocycles. The number of nitriles is 1. The van der Waals surface area contributed by atoms with Crippen molar-refractivity contribution in [3.8, 4) is 6.07 Å². The van der Waals surface area contributed by atoms with Crippen LogP contribution in [0.15, 0.2) is 64.1 Å². The lowest BCUT2D eigenvalue weighted by atomic mass is 10.2. The standard InChI is InChI=1S/C20H14N4O3/c21-11-13-4-3-5-14(10-13)23-17(25)8-9-24-12-22-18-15-6-1-2-7-16(15)27-19(18)20(24)26/h1-7,10,12H,8-9H2,(H,23,25). The zero-order valence-electron chi connectivity index (χ0n) is 14.2. The average Bonchev–Trinajstić information content (AvgIpc) is 3.07. The molecule has 4 rings (SSSR count). The summed E-state index contributed by atoms with van der Waals surface area (Å²) in [5.74, 6) is -0.262. The van der Waals surface area contributed by atoms with Crippen molar-refractivity contribution in [1.29, 1.82) is 5.26 Å². The zero-order valence-corrected chi connectivity index (χ0v) is 14.2. The van der Waals surface area contributed by atoms with Gasteiger partial charge in [0.15, 0.2) is 0 Å². The fourth-order valence-electron chi connectivity index (χ4n) is 2.89. The number of aromatic nitrogens is 2. The van der Waals surface area contributed by atoms with Crippen LogP contribution in [0.25, 0.3) is 22.1 Å². The Labute approximate surface area is 153 Å². The van der Waals surface area contributed by atoms with Gasteiger partial charge in [0.2, 0.25) is 11.5 Å². The van der Waals surface area contributed by atoms with Crippen LogP contribution < -0.4 is 10.9 Å². The number of fused-ring (bicyclic) bond motifs is 3. The molecule has 1 amide bonds. The van der Waals surface area contributed by atoms with E-state index in [0.717, 1.165) is 5.39 Å². The third kappa shape index (κ3) is 3.16. The summed E-state index contributed by atoms with van der Waals surface area (Å²) in [4.78, 5) is 29.1. The molecular formula is C20H14N4O3. The van der Waals surface area contributed by atoms with Gasteiger partial charge in [0.1, 0.15) is 11.1 Å². The summed E-state index contributed by atoms with van der Waals surface area (Å²) in [7, 11) is 0. The number of furan rings is 1. The number of carbonyl (C=O) groups is 1. The first-order chi connectivity index (χ1) is 13.2. The molecule has 27 heavy (non-hydrogen) atoms. The molecule has 0 aliphatic rings. The second kappa shape index (κ2) is 6.77. The lowest BCUT2D eigenvalue weighted by molar-refractivity contribution is -0.116. The topological polar surface area (TPSA) is 101 Å². The molecule has 4 aromatic rings. The highest BCUT2D eigenvalue weighted by molar-refractivity contribution is 6.01. The summed E-state index contributed by atoms with van der Waals surface area (Å²) in [6.45, 7) is 0.169. The molecule has 0 atom stereocenters. The van der Waals surface area contributed by atoms with Gasteiger partial charge in [-0.25, -0.2) is 4.98 Å². The van der Waals surface area contributed by atoms with Crippen molar-refractivity contribution in [2.75, 3.05) is 5.32 Å². The van der Waals surface area contributed by atoms with E-state index in [-0.39, 0.29) is 30.0 Å². The number of rotatable bonds is 4. The monoisotopic (exact) mass is 358 g/mol. The van der Waals surface area contributed by atoms with Crippen molar-refractivity contribution in [3.63, 3.8) is 0 Å². The number of amides is 1. The number of aryl methyl sites for hydroxylation is 1. The summed E-state index contributed by atoms with van der Waals surface area (Å²) in [6.07, 6.45) is 1.51. The molecule has 0 radical (unpaired) electrons. The Balaban J connectivity index is 1.52. The first-order valence-corrected chi connectivity index (χ1v) is 8.32. The lowest BCUT2D eigenvalue weighted by Gasteiger charge is -2.07. The van der Waals surface area contributed by atoms with Crippen LogP contribution in [-0.2, 0) is 11.3 Å². The van der Waals surface area contributed by atoms with Crippen LogP contribution in [0, 0.1) is 11.3 Å². The highest BCUT2D eigenvalue weighted by atomic mass is 16.3. The number of benzene rings is 2. The van der Waals surface area contributed by atoms with E-state index >= 15 is 0 Å². The minimum atomic E-state index is -0.324. The zero-order chi connectivity index (χ0) is 18.8. The number of para-hydroxylation sites is 1. The predicted octanol–water partition coefficient (Wildman–Crippen LogP) is 3.04. The summed E-state index contributed by atoms with van der Waals surface area (Å²) in [5, 5.41) is 12.4. The van der Waals surface area contributed by atoms with Crippen LogP contribution in [0.3, 0.4) is 0 Å². The average molecular weight is 358 g/mol. The van der Waals surface area contributed by atoms with Crippen LogP contribution in [0.4, 0.5) is 5.69 Å². The Morgan fingerprint density at radius 3 is 2.93 bits per heavy atom. The van der Waals surface area contributed by atoms with E-state index in [2.05, 4.69) is 10.3 Å². The summed E-state index contributed by atoms with van der Waals surface area (Å²) < 4.78 is 6.98. The highest BCUT2D eigenvalue weighted by Gasteiger charge is 2.13. The first-order valence-electron chi connectivity index (χ1n) is 8.32. The van der Waals surface area contributed by atoms with Gasteiger partial charge in [0, 0.05) is 24.0 Å². The molecule has 0 bridgehead atoms. The van der Waals surface area contributed by atoms with Crippen molar-refractivity contribution in [1.82, 2.24) is 9.55 Å². The van der Waals surface area contributed by atoms with Crippen LogP contribution in [0.2, 0.25) is 0 Å². The molecule has 2 aromatic carbocycles. The minimum Gasteiger partial charge on any atom is -0.448 e. The molecule has 0 fully saturated rings. The number of hydrogen-bond donors (Lipinski definition) is 1. The van der Waals surface area contributed by atoms with Crippen LogP contribution in [0.5, 0.6) is 0 Å². The summed E-state index contributed by atoms with van der Waals surface area (Å²) in [6, 6.07) is 16.0. The lowest BCUT2D eigenvalue weighted by Crippen LogP contribution is -2.23. The van der Waals surface area contributed by atoms with Gasteiger partial charge in [-0.2, -0.15) is 5.26 Å². The smallest absolute Gasteiger partial charge is 0.297 e. The molecule has 0 unspecified atom stereocenters. The highest BCUT2D eigenvalue weighted by Crippen LogP contribution is 2.24. The Morgan fingerprint density at radius 2 is 2.07 bits per heavy atom. The number of nitrogens with zero attached hydrogens (tertiary/aromatic N) is 3. The van der Waals surface area contributed by atoms with Gasteiger partial charge in [-0.05, 0) is 30.3 Å². The van der Waals surface area contributed by atoms with Crippen LogP contribution >= 0.6 is 0 Å². The third-order valence-corrected chi connectivity index (χ3v) is 4.21. The Morgan fingerprint density at radius 1 is 1.22 bits per heavy atom. The molecule has 7 heteroatoms. The molecule has 0 aliphatic carbocycles. The number of carbonyl (C=O) groups excluding carboxylic acids is 1. The first kappa shape index (κ1) is 16.5. The van der Waals surface area contributed by atoms with E-state index in [1.54, 1.807) is 30.3 Å². The number of anilines is 1. The van der Waals surface area contributed by atoms with E-state index in [9.17, 15) is 9.59 Å². The molecule has 0 saturated carbocycles. The van der Waals surface area contributed by atoms with Gasteiger partial charge >= 0.3 is 0 Å². The van der Waals surface area contributed by atoms with Gasteiger partial charge in [0.25, 0.3) is 5.56 Å². The SMILES string of the molecule is N#Cc1cccc(NC(=O)CCn2cnc3c(oc4ccccc43)c2=O)c1. The van der Waals surface area contributed by atoms with Crippen molar-refractivity contribution >= 4 is 33.7 Å². The fraction of sp³-hybridized carbons (Fsp3) is 0.100. The van der Waals surface area contributed by atoms with E-state index in [1.807, 2.05) is 24.3 Å². The van der Waals surface area contributed by atoms with Gasteiger partial charge in [-0.1, -0.05) is 18.2 Å². The van der Waals surface area contributed by atoms with Gasteiger partial charge in [-0.15, -0.1) is 0 Å². The van der Waals surface area contributed by atoms with Gasteiger partial charge in [0.05, 0.1) is 18.0 Å². The quantitative estimate of drug-likeness (QED) is 0.604. The van der Waals surface area contributed by atoms with Gasteiger partial charge in [-0.3, -0.25) is 14.2 Å². The molecular weight excluding hydrogens is 344 g/mol. The molecule has 7 nitrogen and oxygen atoms in total. The third-order valence-electron chi connectivity index (χ3n) is 4.21. The second-order valence-corrected chi connectivity index (χ2v) is 6.01. The largest absolute Gasteiger partial charge is 0.448 e. The minimum absolute atomic E-state index is 0.0874. The van der Waals surface area contributed by atoms with Crippen LogP contribution in [-0.4, -0.2) is 15.5 Å². The molecule has 0 spiro atoms. The van der Waals surface area contributed by atoms with E-state index in [1.165, 1.54) is 10.9 Å². The van der Waals surface area contributed by atoms with Crippen molar-refractivity contribution in [3.05, 3.63) is 70.8 Å². The molecule has 132 valence electrons. The van der Waals surface area contributed by atoms with Crippen molar-refractivity contribution in [2.45, 2.75) is 13.0 Å². The normalized spacial score (nSPS) is 10.8. The van der Waals surface area contributed by atoms with Crippen molar-refractivity contribution < 1.29 is 9.21 Å². The molecule has 0 saturated heterocycles. The second-order valence-electron chi connectivity index (χ2n) is 6.01. The number of hydrogen-bond acceptors (Lipinski definition) is 5. The molecule has 2 heterocycles. The number of nitrogens with one attached hydrogen (secondary N) is 1. The summed E-state index contributed by atoms with van der Waals surface area (Å²) in [5.41, 5.74) is 1.98. The molecule has 2 aromatic heterocycles. The summed E-state index contributed by atoms with van der Waals surface area (Å²) >= 11 is 0. The van der Waals surface area contributed by atoms with E-state index < -0.39 is 0 Å². The molecule has 1 N–H and O–H groups in total. The predicted molar refractivity (Wildman–Crippen MR) is 100 cm³/mol.